The molecule has 13 heavy (non-hydrogen) atoms. The first-order valence-corrected chi connectivity index (χ1v) is 5.24. The van der Waals surface area contributed by atoms with Crippen LogP contribution in [0.3, 0.4) is 0 Å². The molecule has 0 bridgehead atoms. The number of likely N-dealkylation sites (tertiary alicyclic amines) is 1. The van der Waals surface area contributed by atoms with Gasteiger partial charge in [-0.3, -0.25) is 4.90 Å². The smallest absolute Gasteiger partial charge is 0.0194 e. The summed E-state index contributed by atoms with van der Waals surface area (Å²) < 4.78 is 0. The molecule has 1 unspecified atom stereocenters. The third kappa shape index (κ3) is 3.63. The monoisotopic (exact) mass is 185 g/mol. The van der Waals surface area contributed by atoms with Crippen molar-refractivity contribution < 1.29 is 0 Å². The quantitative estimate of drug-likeness (QED) is 0.689. The van der Waals surface area contributed by atoms with Gasteiger partial charge in [0, 0.05) is 18.6 Å². The molecular formula is C10H23N3. The van der Waals surface area contributed by atoms with E-state index < -0.39 is 0 Å². The van der Waals surface area contributed by atoms with Gasteiger partial charge in [0.25, 0.3) is 0 Å². The molecule has 1 aliphatic rings. The van der Waals surface area contributed by atoms with Crippen molar-refractivity contribution >= 4 is 0 Å². The molecule has 0 radical (unpaired) electrons. The highest BCUT2D eigenvalue weighted by Gasteiger charge is 2.20. The summed E-state index contributed by atoms with van der Waals surface area (Å²) in [5.41, 5.74) is 5.86. The van der Waals surface area contributed by atoms with Gasteiger partial charge in [0.15, 0.2) is 0 Å². The van der Waals surface area contributed by atoms with Gasteiger partial charge in [0.05, 0.1) is 0 Å². The summed E-state index contributed by atoms with van der Waals surface area (Å²) in [4.78, 5) is 4.79. The molecule has 0 saturated carbocycles. The van der Waals surface area contributed by atoms with E-state index in [0.29, 0.717) is 12.1 Å². The zero-order valence-electron chi connectivity index (χ0n) is 9.16. The van der Waals surface area contributed by atoms with Crippen molar-refractivity contribution in [2.24, 2.45) is 5.73 Å². The summed E-state index contributed by atoms with van der Waals surface area (Å²) >= 11 is 0. The van der Waals surface area contributed by atoms with Gasteiger partial charge in [-0.2, -0.15) is 0 Å². The number of piperidine rings is 1. The fraction of sp³-hybridized carbons (Fsp3) is 1.00. The Hall–Kier alpha value is -0.120. The number of hydrogen-bond acceptors (Lipinski definition) is 3. The Labute approximate surface area is 81.9 Å². The molecule has 78 valence electrons. The number of likely N-dealkylation sites (N-methyl/N-ethyl adjacent to an activating group) is 1. The van der Waals surface area contributed by atoms with Crippen LogP contribution in [0.15, 0.2) is 0 Å². The second kappa shape index (κ2) is 4.94. The van der Waals surface area contributed by atoms with Crippen molar-refractivity contribution in [3.8, 4) is 0 Å². The lowest BCUT2D eigenvalue weighted by molar-refractivity contribution is 0.139. The van der Waals surface area contributed by atoms with Crippen LogP contribution in [0.1, 0.15) is 19.8 Å². The molecule has 0 aromatic carbocycles. The molecular weight excluding hydrogens is 162 g/mol. The van der Waals surface area contributed by atoms with Gasteiger partial charge in [0.1, 0.15) is 0 Å². The largest absolute Gasteiger partial charge is 0.328 e. The van der Waals surface area contributed by atoms with Gasteiger partial charge in [-0.05, 0) is 47.0 Å². The zero-order valence-corrected chi connectivity index (χ0v) is 9.16. The first-order chi connectivity index (χ1) is 6.09. The fourth-order valence-corrected chi connectivity index (χ4v) is 2.00. The Morgan fingerprint density at radius 1 is 1.38 bits per heavy atom. The van der Waals surface area contributed by atoms with E-state index in [0.717, 1.165) is 19.4 Å². The molecule has 2 N–H and O–H groups in total. The molecule has 0 aromatic heterocycles. The Kier molecular flexibility index (Phi) is 4.16. The highest BCUT2D eigenvalue weighted by molar-refractivity contribution is 4.78. The standard InChI is InChI=1S/C10H23N3/c1-9(8-12(2)3)13-6-4-10(11)5-7-13/h9-10H,4-8,11H2,1-3H3. The molecule has 3 heteroatoms. The normalized spacial score (nSPS) is 23.8. The first-order valence-electron chi connectivity index (χ1n) is 5.24. The van der Waals surface area contributed by atoms with Crippen LogP contribution in [0, 0.1) is 0 Å². The van der Waals surface area contributed by atoms with Crippen molar-refractivity contribution in [3.63, 3.8) is 0 Å². The van der Waals surface area contributed by atoms with E-state index >= 15 is 0 Å². The van der Waals surface area contributed by atoms with Crippen LogP contribution in [0.2, 0.25) is 0 Å². The number of hydrogen-bond donors (Lipinski definition) is 1. The third-order valence-electron chi connectivity index (χ3n) is 2.83. The minimum atomic E-state index is 0.447. The lowest BCUT2D eigenvalue weighted by atomic mass is 10.0. The molecule has 3 nitrogen and oxygen atoms in total. The lowest BCUT2D eigenvalue weighted by Gasteiger charge is -2.35. The van der Waals surface area contributed by atoms with Crippen molar-refractivity contribution in [2.45, 2.75) is 31.8 Å². The summed E-state index contributed by atoms with van der Waals surface area (Å²) in [7, 11) is 4.26. The van der Waals surface area contributed by atoms with Gasteiger partial charge in [-0.1, -0.05) is 0 Å². The third-order valence-corrected chi connectivity index (χ3v) is 2.83. The van der Waals surface area contributed by atoms with Crippen LogP contribution in [-0.2, 0) is 0 Å². The summed E-state index contributed by atoms with van der Waals surface area (Å²) in [6.07, 6.45) is 2.33. The van der Waals surface area contributed by atoms with E-state index in [9.17, 15) is 0 Å². The molecule has 1 rings (SSSR count). The molecule has 0 amide bonds. The Morgan fingerprint density at radius 3 is 2.38 bits per heavy atom. The second-order valence-corrected chi connectivity index (χ2v) is 4.48. The minimum Gasteiger partial charge on any atom is -0.328 e. The number of nitrogens with two attached hydrogens (primary N) is 1. The molecule has 1 saturated heterocycles. The molecule has 1 atom stereocenters. The maximum absolute atomic E-state index is 5.86. The maximum Gasteiger partial charge on any atom is 0.0194 e. The van der Waals surface area contributed by atoms with Gasteiger partial charge in [-0.15, -0.1) is 0 Å². The van der Waals surface area contributed by atoms with Crippen LogP contribution in [0.5, 0.6) is 0 Å². The summed E-state index contributed by atoms with van der Waals surface area (Å²) in [6, 6.07) is 1.12. The molecule has 1 heterocycles. The second-order valence-electron chi connectivity index (χ2n) is 4.48. The van der Waals surface area contributed by atoms with Crippen molar-refractivity contribution in [1.29, 1.82) is 0 Å². The molecule has 0 aliphatic carbocycles. The predicted molar refractivity (Wildman–Crippen MR) is 56.8 cm³/mol. The number of rotatable bonds is 3. The summed E-state index contributed by atoms with van der Waals surface area (Å²) in [5, 5.41) is 0. The number of nitrogens with zero attached hydrogens (tertiary/aromatic N) is 2. The van der Waals surface area contributed by atoms with Crippen LogP contribution in [-0.4, -0.2) is 55.6 Å². The van der Waals surface area contributed by atoms with Crippen molar-refractivity contribution in [3.05, 3.63) is 0 Å². The first kappa shape index (κ1) is 11.0. The van der Waals surface area contributed by atoms with Crippen LogP contribution < -0.4 is 5.73 Å². The average Bonchev–Trinajstić information content (AvgIpc) is 2.04. The summed E-state index contributed by atoms with van der Waals surface area (Å²) in [5.74, 6) is 0. The molecule has 0 aromatic rings. The van der Waals surface area contributed by atoms with Crippen LogP contribution in [0.4, 0.5) is 0 Å². The molecule has 0 spiro atoms. The van der Waals surface area contributed by atoms with Gasteiger partial charge >= 0.3 is 0 Å². The van der Waals surface area contributed by atoms with E-state index in [1.807, 2.05) is 0 Å². The van der Waals surface area contributed by atoms with E-state index in [4.69, 9.17) is 5.73 Å². The van der Waals surface area contributed by atoms with Crippen molar-refractivity contribution in [2.75, 3.05) is 33.7 Å². The highest BCUT2D eigenvalue weighted by Crippen LogP contribution is 2.11. The van der Waals surface area contributed by atoms with Crippen LogP contribution >= 0.6 is 0 Å². The van der Waals surface area contributed by atoms with E-state index in [-0.39, 0.29) is 0 Å². The predicted octanol–water partition coefficient (Wildman–Crippen LogP) is 0.360. The Balaban J connectivity index is 2.27. The van der Waals surface area contributed by atoms with Gasteiger partial charge in [0.2, 0.25) is 0 Å². The van der Waals surface area contributed by atoms with Crippen molar-refractivity contribution in [1.82, 2.24) is 9.80 Å². The molecule has 1 fully saturated rings. The van der Waals surface area contributed by atoms with Crippen LogP contribution in [0.25, 0.3) is 0 Å². The maximum atomic E-state index is 5.86. The highest BCUT2D eigenvalue weighted by atomic mass is 15.2. The van der Waals surface area contributed by atoms with Gasteiger partial charge < -0.3 is 10.6 Å². The van der Waals surface area contributed by atoms with E-state index in [1.165, 1.54) is 13.1 Å². The SMILES string of the molecule is CC(CN(C)C)N1CCC(N)CC1. The Morgan fingerprint density at radius 2 is 1.92 bits per heavy atom. The lowest BCUT2D eigenvalue weighted by Crippen LogP contribution is -2.47. The average molecular weight is 185 g/mol. The van der Waals surface area contributed by atoms with E-state index in [1.54, 1.807) is 0 Å². The minimum absolute atomic E-state index is 0.447. The Bertz CT molecular complexity index is 139. The topological polar surface area (TPSA) is 32.5 Å². The fourth-order valence-electron chi connectivity index (χ4n) is 2.00. The molecule has 1 aliphatic heterocycles. The zero-order chi connectivity index (χ0) is 9.84. The van der Waals surface area contributed by atoms with E-state index in [2.05, 4.69) is 30.8 Å². The van der Waals surface area contributed by atoms with Gasteiger partial charge in [-0.25, -0.2) is 0 Å². The summed E-state index contributed by atoms with van der Waals surface area (Å²) in [6.45, 7) is 5.80.